The summed E-state index contributed by atoms with van der Waals surface area (Å²) in [5.74, 6) is 1.06. The number of pyridine rings is 1. The average Bonchev–Trinajstić information content (AvgIpc) is 2.67. The number of para-hydroxylation sites is 1. The number of fused-ring (bicyclic) bond motifs is 1. The van der Waals surface area contributed by atoms with Crippen molar-refractivity contribution in [3.8, 4) is 5.75 Å². The molecule has 2 aromatic rings. The quantitative estimate of drug-likeness (QED) is 0.926. The Hall–Kier alpha value is -1.91. The number of nitrogens with zero attached hydrogens (tertiary/aromatic N) is 2. The van der Waals surface area contributed by atoms with Gasteiger partial charge in [-0.2, -0.15) is 0 Å². The molecule has 2 aliphatic rings. The van der Waals surface area contributed by atoms with Crippen molar-refractivity contribution in [1.29, 1.82) is 0 Å². The normalized spacial score (nSPS) is 22.4. The molecular formula is C21H27N3O. The molecule has 0 saturated carbocycles. The van der Waals surface area contributed by atoms with Crippen LogP contribution in [0.4, 0.5) is 0 Å². The number of benzene rings is 1. The lowest BCUT2D eigenvalue weighted by molar-refractivity contribution is -0.0244. The van der Waals surface area contributed by atoms with Crippen LogP contribution in [0.15, 0.2) is 48.8 Å². The molecule has 4 heteroatoms. The fourth-order valence-corrected chi connectivity index (χ4v) is 4.13. The standard InChI is InChI=1S/C21H27N3O/c1-2-24-12-9-21(10-13-24)14-19(18-7-3-4-8-20(18)25-21)23-16-17-6-5-11-22-15-17/h3-8,11,15,19,23H,2,9-10,12-14,16H2,1H3/t19-/m0/s1. The lowest BCUT2D eigenvalue weighted by Gasteiger charge is -2.47. The highest BCUT2D eigenvalue weighted by atomic mass is 16.5. The third-order valence-corrected chi connectivity index (χ3v) is 5.69. The topological polar surface area (TPSA) is 37.4 Å². The van der Waals surface area contributed by atoms with E-state index in [2.05, 4.69) is 52.5 Å². The van der Waals surface area contributed by atoms with Crippen LogP contribution >= 0.6 is 0 Å². The Labute approximate surface area is 150 Å². The van der Waals surface area contributed by atoms with Gasteiger partial charge >= 0.3 is 0 Å². The lowest BCUT2D eigenvalue weighted by Crippen LogP contribution is -2.51. The van der Waals surface area contributed by atoms with Gasteiger partial charge in [-0.05, 0) is 37.1 Å². The summed E-state index contributed by atoms with van der Waals surface area (Å²) in [6.07, 6.45) is 7.03. The molecule has 1 spiro atoms. The Morgan fingerprint density at radius 1 is 1.20 bits per heavy atom. The summed E-state index contributed by atoms with van der Waals surface area (Å²) in [4.78, 5) is 6.74. The highest BCUT2D eigenvalue weighted by molar-refractivity contribution is 5.39. The second-order valence-corrected chi connectivity index (χ2v) is 7.26. The molecule has 3 heterocycles. The molecule has 0 aliphatic carbocycles. The van der Waals surface area contributed by atoms with E-state index in [9.17, 15) is 0 Å². The first-order valence-electron chi connectivity index (χ1n) is 9.41. The minimum absolute atomic E-state index is 0.0212. The number of hydrogen-bond acceptors (Lipinski definition) is 4. The Kier molecular flexibility index (Phi) is 4.73. The largest absolute Gasteiger partial charge is 0.487 e. The molecule has 0 unspecified atom stereocenters. The van der Waals surface area contributed by atoms with Gasteiger partial charge in [-0.25, -0.2) is 0 Å². The third-order valence-electron chi connectivity index (χ3n) is 5.69. The van der Waals surface area contributed by atoms with Crippen molar-refractivity contribution < 1.29 is 4.74 Å². The maximum absolute atomic E-state index is 6.56. The highest BCUT2D eigenvalue weighted by Gasteiger charge is 2.42. The molecule has 132 valence electrons. The van der Waals surface area contributed by atoms with E-state index >= 15 is 0 Å². The zero-order valence-electron chi connectivity index (χ0n) is 14.9. The van der Waals surface area contributed by atoms with E-state index in [1.807, 2.05) is 18.5 Å². The molecule has 1 atom stereocenters. The first kappa shape index (κ1) is 16.6. The molecule has 1 aromatic carbocycles. The van der Waals surface area contributed by atoms with Crippen LogP contribution in [0.5, 0.6) is 5.75 Å². The summed E-state index contributed by atoms with van der Waals surface area (Å²) >= 11 is 0. The molecule has 0 bridgehead atoms. The van der Waals surface area contributed by atoms with Crippen molar-refractivity contribution in [1.82, 2.24) is 15.2 Å². The molecule has 1 saturated heterocycles. The molecule has 0 amide bonds. The monoisotopic (exact) mass is 337 g/mol. The maximum Gasteiger partial charge on any atom is 0.124 e. The van der Waals surface area contributed by atoms with Gasteiger partial charge in [-0.3, -0.25) is 4.98 Å². The van der Waals surface area contributed by atoms with Gasteiger partial charge in [-0.1, -0.05) is 31.2 Å². The predicted octanol–water partition coefficient (Wildman–Crippen LogP) is 3.55. The van der Waals surface area contributed by atoms with Gasteiger partial charge in [-0.15, -0.1) is 0 Å². The smallest absolute Gasteiger partial charge is 0.124 e. The molecule has 1 aromatic heterocycles. The third kappa shape index (κ3) is 3.55. The second-order valence-electron chi connectivity index (χ2n) is 7.26. The minimum Gasteiger partial charge on any atom is -0.487 e. The average molecular weight is 337 g/mol. The van der Waals surface area contributed by atoms with Crippen LogP contribution in [-0.2, 0) is 6.54 Å². The van der Waals surface area contributed by atoms with Gasteiger partial charge in [0.1, 0.15) is 11.4 Å². The number of hydrogen-bond donors (Lipinski definition) is 1. The SMILES string of the molecule is CCN1CCC2(CC1)C[C@H](NCc1cccnc1)c1ccccc1O2. The Morgan fingerprint density at radius 2 is 2.04 bits per heavy atom. The first-order valence-corrected chi connectivity index (χ1v) is 9.41. The van der Waals surface area contributed by atoms with E-state index in [0.717, 1.165) is 51.2 Å². The molecule has 2 aliphatic heterocycles. The van der Waals surface area contributed by atoms with Gasteiger partial charge in [0.25, 0.3) is 0 Å². The van der Waals surface area contributed by atoms with Crippen LogP contribution in [0, 0.1) is 0 Å². The summed E-state index contributed by atoms with van der Waals surface area (Å²) < 4.78 is 6.56. The van der Waals surface area contributed by atoms with Gasteiger partial charge < -0.3 is 15.0 Å². The Balaban J connectivity index is 1.53. The number of likely N-dealkylation sites (tertiary alicyclic amines) is 1. The van der Waals surface area contributed by atoms with Gasteiger partial charge in [0.2, 0.25) is 0 Å². The van der Waals surface area contributed by atoms with E-state index in [1.165, 1.54) is 11.1 Å². The number of ether oxygens (including phenoxy) is 1. The van der Waals surface area contributed by atoms with Crippen molar-refractivity contribution in [3.05, 3.63) is 59.9 Å². The van der Waals surface area contributed by atoms with E-state index in [0.29, 0.717) is 6.04 Å². The lowest BCUT2D eigenvalue weighted by atomic mass is 9.80. The summed E-state index contributed by atoms with van der Waals surface area (Å²) in [5.41, 5.74) is 2.49. The molecule has 25 heavy (non-hydrogen) atoms. The van der Waals surface area contributed by atoms with Crippen molar-refractivity contribution in [2.45, 2.75) is 44.4 Å². The molecule has 0 radical (unpaired) electrons. The van der Waals surface area contributed by atoms with Crippen LogP contribution in [-0.4, -0.2) is 35.1 Å². The van der Waals surface area contributed by atoms with Crippen molar-refractivity contribution in [2.75, 3.05) is 19.6 Å². The molecule has 4 rings (SSSR count). The van der Waals surface area contributed by atoms with Gasteiger partial charge in [0, 0.05) is 50.1 Å². The molecule has 1 N–H and O–H groups in total. The molecule has 1 fully saturated rings. The maximum atomic E-state index is 6.56. The van der Waals surface area contributed by atoms with E-state index in [1.54, 1.807) is 0 Å². The molecular weight excluding hydrogens is 310 g/mol. The van der Waals surface area contributed by atoms with E-state index in [4.69, 9.17) is 4.74 Å². The Bertz CT molecular complexity index is 695. The van der Waals surface area contributed by atoms with Crippen LogP contribution in [0.1, 0.15) is 43.4 Å². The first-order chi connectivity index (χ1) is 12.3. The minimum atomic E-state index is -0.0212. The summed E-state index contributed by atoms with van der Waals surface area (Å²) in [5, 5.41) is 3.76. The van der Waals surface area contributed by atoms with Crippen molar-refractivity contribution >= 4 is 0 Å². The van der Waals surface area contributed by atoms with E-state index < -0.39 is 0 Å². The summed E-state index contributed by atoms with van der Waals surface area (Å²) in [6, 6.07) is 13.0. The highest BCUT2D eigenvalue weighted by Crippen LogP contribution is 2.44. The number of piperidine rings is 1. The Morgan fingerprint density at radius 3 is 2.80 bits per heavy atom. The van der Waals surface area contributed by atoms with Crippen LogP contribution < -0.4 is 10.1 Å². The van der Waals surface area contributed by atoms with Crippen molar-refractivity contribution in [3.63, 3.8) is 0 Å². The van der Waals surface area contributed by atoms with Gasteiger partial charge in [0.05, 0.1) is 0 Å². The summed E-state index contributed by atoms with van der Waals surface area (Å²) in [7, 11) is 0. The van der Waals surface area contributed by atoms with Crippen LogP contribution in [0.25, 0.3) is 0 Å². The van der Waals surface area contributed by atoms with Crippen LogP contribution in [0.2, 0.25) is 0 Å². The zero-order chi connectivity index (χ0) is 17.1. The fourth-order valence-electron chi connectivity index (χ4n) is 4.13. The second kappa shape index (κ2) is 7.14. The van der Waals surface area contributed by atoms with E-state index in [-0.39, 0.29) is 5.60 Å². The van der Waals surface area contributed by atoms with Crippen LogP contribution in [0.3, 0.4) is 0 Å². The molecule has 4 nitrogen and oxygen atoms in total. The number of nitrogens with one attached hydrogen (secondary N) is 1. The van der Waals surface area contributed by atoms with Gasteiger partial charge in [0.15, 0.2) is 0 Å². The zero-order valence-corrected chi connectivity index (χ0v) is 14.9. The number of aromatic nitrogens is 1. The number of rotatable bonds is 4. The predicted molar refractivity (Wildman–Crippen MR) is 99.6 cm³/mol. The fraction of sp³-hybridized carbons (Fsp3) is 0.476. The summed E-state index contributed by atoms with van der Waals surface area (Å²) in [6.45, 7) is 6.48. The van der Waals surface area contributed by atoms with Crippen molar-refractivity contribution in [2.24, 2.45) is 0 Å².